The molecule has 2 N–H and O–H groups in total. The number of amides is 1. The molecule has 1 amide bonds. The highest BCUT2D eigenvalue weighted by Crippen LogP contribution is 2.40. The van der Waals surface area contributed by atoms with Crippen LogP contribution in [0.2, 0.25) is 0 Å². The van der Waals surface area contributed by atoms with Gasteiger partial charge in [-0.15, -0.1) is 0 Å². The molecule has 0 aliphatic heterocycles. The summed E-state index contributed by atoms with van der Waals surface area (Å²) in [7, 11) is 0. The molecule has 1 heterocycles. The summed E-state index contributed by atoms with van der Waals surface area (Å²) in [6.45, 7) is 3.45. The summed E-state index contributed by atoms with van der Waals surface area (Å²) >= 11 is 0. The summed E-state index contributed by atoms with van der Waals surface area (Å²) in [4.78, 5) is 11.6. The molecule has 5 heteroatoms. The molecule has 0 aromatic carbocycles. The Hall–Kier alpha value is -1.36. The van der Waals surface area contributed by atoms with Crippen LogP contribution in [0.5, 0.6) is 0 Å². The van der Waals surface area contributed by atoms with Gasteiger partial charge in [-0.3, -0.25) is 4.79 Å². The van der Waals surface area contributed by atoms with Gasteiger partial charge in [0.05, 0.1) is 5.60 Å². The third-order valence-electron chi connectivity index (χ3n) is 2.42. The smallest absolute Gasteiger partial charge is 0.273 e. The van der Waals surface area contributed by atoms with E-state index in [1.165, 1.54) is 0 Å². The summed E-state index contributed by atoms with van der Waals surface area (Å²) < 4.78 is 5.07. The lowest BCUT2D eigenvalue weighted by atomic mass is 10.1. The van der Waals surface area contributed by atoms with Crippen LogP contribution in [0.15, 0.2) is 10.6 Å². The molecule has 1 fully saturated rings. The lowest BCUT2D eigenvalue weighted by molar-refractivity contribution is 0.0690. The van der Waals surface area contributed by atoms with Gasteiger partial charge in [0.25, 0.3) is 5.91 Å². The summed E-state index contributed by atoms with van der Waals surface area (Å²) in [6, 6.07) is 1.68. The Kier molecular flexibility index (Phi) is 2.71. The number of aromatic nitrogens is 1. The number of hydrogen-bond donors (Lipinski definition) is 2. The zero-order valence-corrected chi connectivity index (χ0v) is 9.49. The van der Waals surface area contributed by atoms with Crippen LogP contribution in [0.3, 0.4) is 0 Å². The Bertz CT molecular complexity index is 388. The van der Waals surface area contributed by atoms with Crippen LogP contribution in [0.4, 0.5) is 0 Å². The largest absolute Gasteiger partial charge is 0.389 e. The van der Waals surface area contributed by atoms with Gasteiger partial charge in [-0.2, -0.15) is 0 Å². The second-order valence-electron chi connectivity index (χ2n) is 4.88. The Balaban J connectivity index is 1.92. The molecule has 1 saturated carbocycles. The van der Waals surface area contributed by atoms with Crippen molar-refractivity contribution in [2.75, 3.05) is 6.54 Å². The van der Waals surface area contributed by atoms with Gasteiger partial charge in [-0.25, -0.2) is 0 Å². The van der Waals surface area contributed by atoms with Gasteiger partial charge < -0.3 is 14.9 Å². The zero-order valence-electron chi connectivity index (χ0n) is 9.49. The first kappa shape index (κ1) is 11.1. The maximum absolute atomic E-state index is 11.6. The van der Waals surface area contributed by atoms with E-state index in [-0.39, 0.29) is 18.1 Å². The molecule has 0 unspecified atom stereocenters. The van der Waals surface area contributed by atoms with E-state index in [4.69, 9.17) is 4.52 Å². The molecule has 0 spiro atoms. The van der Waals surface area contributed by atoms with Gasteiger partial charge in [-0.05, 0) is 26.7 Å². The van der Waals surface area contributed by atoms with Crippen LogP contribution in [-0.2, 0) is 0 Å². The number of aliphatic hydroxyl groups is 1. The Morgan fingerprint density at radius 3 is 2.94 bits per heavy atom. The number of carbonyl (C=O) groups excluding carboxylic acids is 1. The first-order chi connectivity index (χ1) is 7.46. The fraction of sp³-hybridized carbons (Fsp3) is 0.636. The normalized spacial score (nSPS) is 16.2. The van der Waals surface area contributed by atoms with E-state index in [0.717, 1.165) is 18.6 Å². The van der Waals surface area contributed by atoms with Crippen molar-refractivity contribution in [1.29, 1.82) is 0 Å². The summed E-state index contributed by atoms with van der Waals surface area (Å²) in [5, 5.41) is 15.8. The van der Waals surface area contributed by atoms with Crippen molar-refractivity contribution in [2.45, 2.75) is 38.2 Å². The molecule has 1 aliphatic carbocycles. The highest BCUT2D eigenvalue weighted by molar-refractivity contribution is 5.92. The van der Waals surface area contributed by atoms with Gasteiger partial charge >= 0.3 is 0 Å². The number of rotatable bonds is 4. The maximum atomic E-state index is 11.6. The van der Waals surface area contributed by atoms with Crippen molar-refractivity contribution < 1.29 is 14.4 Å². The quantitative estimate of drug-likeness (QED) is 0.801. The summed E-state index contributed by atoms with van der Waals surface area (Å²) in [5.74, 6) is 0.925. The lowest BCUT2D eigenvalue weighted by Crippen LogP contribution is -2.38. The number of nitrogens with one attached hydrogen (secondary N) is 1. The van der Waals surface area contributed by atoms with Gasteiger partial charge in [0.15, 0.2) is 5.69 Å². The van der Waals surface area contributed by atoms with E-state index < -0.39 is 5.60 Å². The van der Waals surface area contributed by atoms with Crippen molar-refractivity contribution in [3.63, 3.8) is 0 Å². The van der Waals surface area contributed by atoms with Gasteiger partial charge in [0.2, 0.25) is 0 Å². The predicted octanol–water partition coefficient (Wildman–Crippen LogP) is 1.05. The fourth-order valence-electron chi connectivity index (χ4n) is 1.34. The van der Waals surface area contributed by atoms with Crippen LogP contribution in [-0.4, -0.2) is 28.3 Å². The molecule has 0 atom stereocenters. The molecular weight excluding hydrogens is 208 g/mol. The molecule has 5 nitrogen and oxygen atoms in total. The molecule has 0 bridgehead atoms. The average Bonchev–Trinajstić information content (AvgIpc) is 2.92. The summed E-state index contributed by atoms with van der Waals surface area (Å²) in [6.07, 6.45) is 2.22. The monoisotopic (exact) mass is 224 g/mol. The van der Waals surface area contributed by atoms with Crippen molar-refractivity contribution in [3.05, 3.63) is 17.5 Å². The van der Waals surface area contributed by atoms with Crippen LogP contribution in [0.1, 0.15) is 48.9 Å². The molecule has 0 radical (unpaired) electrons. The highest BCUT2D eigenvalue weighted by atomic mass is 16.5. The molecule has 0 saturated heterocycles. The van der Waals surface area contributed by atoms with Gasteiger partial charge in [0, 0.05) is 18.5 Å². The minimum Gasteiger partial charge on any atom is -0.389 e. The second kappa shape index (κ2) is 3.90. The zero-order chi connectivity index (χ0) is 11.8. The van der Waals surface area contributed by atoms with Gasteiger partial charge in [0.1, 0.15) is 5.76 Å². The molecule has 88 valence electrons. The first-order valence-corrected chi connectivity index (χ1v) is 5.43. The molecular formula is C11H16N2O3. The molecule has 1 aromatic heterocycles. The van der Waals surface area contributed by atoms with E-state index in [0.29, 0.717) is 5.92 Å². The van der Waals surface area contributed by atoms with Crippen LogP contribution in [0, 0.1) is 0 Å². The van der Waals surface area contributed by atoms with Crippen molar-refractivity contribution in [1.82, 2.24) is 10.5 Å². The minimum absolute atomic E-state index is 0.192. The lowest BCUT2D eigenvalue weighted by Gasteiger charge is -2.16. The molecule has 16 heavy (non-hydrogen) atoms. The maximum Gasteiger partial charge on any atom is 0.273 e. The molecule has 1 aromatic rings. The topological polar surface area (TPSA) is 75.4 Å². The SMILES string of the molecule is CC(C)(O)CNC(=O)c1cc(C2CC2)on1. The summed E-state index contributed by atoms with van der Waals surface area (Å²) in [5.41, 5.74) is -0.634. The first-order valence-electron chi connectivity index (χ1n) is 5.43. The van der Waals surface area contributed by atoms with E-state index in [9.17, 15) is 9.90 Å². The average molecular weight is 224 g/mol. The van der Waals surface area contributed by atoms with Crippen molar-refractivity contribution in [2.24, 2.45) is 0 Å². The second-order valence-corrected chi connectivity index (χ2v) is 4.88. The Morgan fingerprint density at radius 2 is 2.38 bits per heavy atom. The van der Waals surface area contributed by atoms with Gasteiger partial charge in [-0.1, -0.05) is 5.16 Å². The fourth-order valence-corrected chi connectivity index (χ4v) is 1.34. The van der Waals surface area contributed by atoms with E-state index >= 15 is 0 Å². The third kappa shape index (κ3) is 2.82. The number of carbonyl (C=O) groups is 1. The predicted molar refractivity (Wildman–Crippen MR) is 57.1 cm³/mol. The third-order valence-corrected chi connectivity index (χ3v) is 2.42. The molecule has 2 rings (SSSR count). The van der Waals surface area contributed by atoms with Crippen LogP contribution in [0.25, 0.3) is 0 Å². The highest BCUT2D eigenvalue weighted by Gasteiger charge is 2.29. The Labute approximate surface area is 93.8 Å². The van der Waals surface area contributed by atoms with Crippen LogP contribution < -0.4 is 5.32 Å². The minimum atomic E-state index is -0.918. The number of nitrogens with zero attached hydrogens (tertiary/aromatic N) is 1. The Morgan fingerprint density at radius 1 is 1.69 bits per heavy atom. The van der Waals surface area contributed by atoms with Crippen molar-refractivity contribution >= 4 is 5.91 Å². The van der Waals surface area contributed by atoms with E-state index in [1.807, 2.05) is 0 Å². The standard InChI is InChI=1S/C11H16N2O3/c1-11(2,15)6-12-10(14)8-5-9(16-13-8)7-3-4-7/h5,7,15H,3-4,6H2,1-2H3,(H,12,14). The van der Waals surface area contributed by atoms with Crippen molar-refractivity contribution in [3.8, 4) is 0 Å². The molecule has 1 aliphatic rings. The van der Waals surface area contributed by atoms with E-state index in [1.54, 1.807) is 19.9 Å². The van der Waals surface area contributed by atoms with Crippen LogP contribution >= 0.6 is 0 Å². The van der Waals surface area contributed by atoms with E-state index in [2.05, 4.69) is 10.5 Å². The number of hydrogen-bond acceptors (Lipinski definition) is 4.